The lowest BCUT2D eigenvalue weighted by molar-refractivity contribution is -0.128. The molecule has 0 saturated heterocycles. The molecule has 0 spiro atoms. The van der Waals surface area contributed by atoms with Gasteiger partial charge in [-0.3, -0.25) is 4.79 Å². The SMILES string of the molecule is CCN(CC)C(C)=O.[Cl-]. The highest BCUT2D eigenvalue weighted by molar-refractivity contribution is 5.73. The van der Waals surface area contributed by atoms with Crippen molar-refractivity contribution in [2.24, 2.45) is 0 Å². The molecule has 0 aromatic rings. The summed E-state index contributed by atoms with van der Waals surface area (Å²) in [6, 6.07) is 0. The molecule has 0 saturated carbocycles. The lowest BCUT2D eigenvalue weighted by Gasteiger charge is -2.14. The second-order valence-electron chi connectivity index (χ2n) is 1.69. The third-order valence-corrected chi connectivity index (χ3v) is 1.21. The van der Waals surface area contributed by atoms with Crippen molar-refractivity contribution in [3.05, 3.63) is 0 Å². The zero-order valence-corrected chi connectivity index (χ0v) is 6.90. The second-order valence-corrected chi connectivity index (χ2v) is 1.69. The van der Waals surface area contributed by atoms with Crippen LogP contribution in [-0.2, 0) is 4.79 Å². The third kappa shape index (κ3) is 4.28. The fourth-order valence-corrected chi connectivity index (χ4v) is 0.669. The van der Waals surface area contributed by atoms with Crippen molar-refractivity contribution in [3.8, 4) is 0 Å². The fraction of sp³-hybridized carbons (Fsp3) is 0.833. The van der Waals surface area contributed by atoms with Crippen LogP contribution in [0, 0.1) is 0 Å². The Kier molecular flexibility index (Phi) is 7.55. The first-order valence-corrected chi connectivity index (χ1v) is 2.97. The summed E-state index contributed by atoms with van der Waals surface area (Å²) in [6.45, 7) is 7.19. The van der Waals surface area contributed by atoms with Crippen molar-refractivity contribution in [1.82, 2.24) is 4.90 Å². The Morgan fingerprint density at radius 1 is 1.33 bits per heavy atom. The number of carbonyl (C=O) groups excluding carboxylic acids is 1. The first kappa shape index (κ1) is 11.5. The molecular formula is C6H13ClNO-. The molecule has 9 heavy (non-hydrogen) atoms. The van der Waals surface area contributed by atoms with E-state index < -0.39 is 0 Å². The van der Waals surface area contributed by atoms with Gasteiger partial charge in [-0.25, -0.2) is 0 Å². The molecule has 3 heteroatoms. The minimum absolute atomic E-state index is 0. The maximum Gasteiger partial charge on any atom is 0.219 e. The minimum Gasteiger partial charge on any atom is -1.00 e. The molecule has 0 aliphatic carbocycles. The summed E-state index contributed by atoms with van der Waals surface area (Å²) in [5.41, 5.74) is 0. The first-order valence-electron chi connectivity index (χ1n) is 2.97. The lowest BCUT2D eigenvalue weighted by Crippen LogP contribution is -3.00. The smallest absolute Gasteiger partial charge is 0.219 e. The van der Waals surface area contributed by atoms with Gasteiger partial charge in [-0.15, -0.1) is 0 Å². The number of halogens is 1. The molecule has 0 aromatic carbocycles. The number of hydrogen-bond donors (Lipinski definition) is 0. The van der Waals surface area contributed by atoms with Crippen LogP contribution in [0.1, 0.15) is 20.8 Å². The fourth-order valence-electron chi connectivity index (χ4n) is 0.669. The van der Waals surface area contributed by atoms with Crippen molar-refractivity contribution in [1.29, 1.82) is 0 Å². The van der Waals surface area contributed by atoms with Crippen molar-refractivity contribution < 1.29 is 17.2 Å². The lowest BCUT2D eigenvalue weighted by atomic mass is 10.5. The normalized spacial score (nSPS) is 7.89. The van der Waals surface area contributed by atoms with E-state index in [9.17, 15) is 4.79 Å². The average molecular weight is 151 g/mol. The zero-order chi connectivity index (χ0) is 6.57. The third-order valence-electron chi connectivity index (χ3n) is 1.21. The van der Waals surface area contributed by atoms with Gasteiger partial charge in [0.25, 0.3) is 0 Å². The summed E-state index contributed by atoms with van der Waals surface area (Å²) in [6.07, 6.45) is 0. The van der Waals surface area contributed by atoms with Crippen molar-refractivity contribution in [2.45, 2.75) is 20.8 Å². The second kappa shape index (κ2) is 5.89. The first-order chi connectivity index (χ1) is 3.72. The number of amides is 1. The van der Waals surface area contributed by atoms with Crippen LogP contribution in [0.3, 0.4) is 0 Å². The summed E-state index contributed by atoms with van der Waals surface area (Å²) in [4.78, 5) is 12.3. The van der Waals surface area contributed by atoms with Crippen LogP contribution in [0.4, 0.5) is 0 Å². The van der Waals surface area contributed by atoms with Crippen LogP contribution in [0.2, 0.25) is 0 Å². The predicted octanol–water partition coefficient (Wildman–Crippen LogP) is -2.12. The van der Waals surface area contributed by atoms with Crippen LogP contribution in [-0.4, -0.2) is 23.9 Å². The molecule has 2 nitrogen and oxygen atoms in total. The molecule has 1 amide bonds. The van der Waals surface area contributed by atoms with Gasteiger partial charge in [0.15, 0.2) is 0 Å². The average Bonchev–Trinajstić information content (AvgIpc) is 1.69. The van der Waals surface area contributed by atoms with Gasteiger partial charge in [-0.1, -0.05) is 0 Å². The molecule has 0 aliphatic rings. The quantitative estimate of drug-likeness (QED) is 0.441. The summed E-state index contributed by atoms with van der Waals surface area (Å²) in [5, 5.41) is 0. The maximum absolute atomic E-state index is 10.5. The number of rotatable bonds is 2. The van der Waals surface area contributed by atoms with E-state index in [1.54, 1.807) is 11.8 Å². The van der Waals surface area contributed by atoms with E-state index in [-0.39, 0.29) is 18.3 Å². The Morgan fingerprint density at radius 2 is 1.67 bits per heavy atom. The van der Waals surface area contributed by atoms with Crippen LogP contribution >= 0.6 is 0 Å². The zero-order valence-electron chi connectivity index (χ0n) is 6.15. The molecule has 0 fully saturated rings. The van der Waals surface area contributed by atoms with Gasteiger partial charge < -0.3 is 17.3 Å². The summed E-state index contributed by atoms with van der Waals surface area (Å²) in [7, 11) is 0. The highest BCUT2D eigenvalue weighted by atomic mass is 35.5. The maximum atomic E-state index is 10.5. The molecule has 56 valence electrons. The molecule has 0 aromatic heterocycles. The summed E-state index contributed by atoms with van der Waals surface area (Å²) < 4.78 is 0. The van der Waals surface area contributed by atoms with Gasteiger partial charge in [-0.05, 0) is 13.8 Å². The van der Waals surface area contributed by atoms with E-state index in [1.165, 1.54) is 0 Å². The van der Waals surface area contributed by atoms with E-state index in [1.807, 2.05) is 13.8 Å². The van der Waals surface area contributed by atoms with Gasteiger partial charge in [0.2, 0.25) is 5.91 Å². The van der Waals surface area contributed by atoms with Gasteiger partial charge in [0.05, 0.1) is 0 Å². The molecule has 0 atom stereocenters. The molecular weight excluding hydrogens is 138 g/mol. The van der Waals surface area contributed by atoms with E-state index in [2.05, 4.69) is 0 Å². The van der Waals surface area contributed by atoms with Crippen molar-refractivity contribution in [3.63, 3.8) is 0 Å². The molecule has 0 aliphatic heterocycles. The highest BCUT2D eigenvalue weighted by Crippen LogP contribution is 1.84. The van der Waals surface area contributed by atoms with Gasteiger partial charge in [0, 0.05) is 20.0 Å². The Bertz CT molecular complexity index is 81.1. The van der Waals surface area contributed by atoms with E-state index in [4.69, 9.17) is 0 Å². The van der Waals surface area contributed by atoms with Crippen LogP contribution in [0.15, 0.2) is 0 Å². The van der Waals surface area contributed by atoms with E-state index in [0.29, 0.717) is 0 Å². The van der Waals surface area contributed by atoms with E-state index >= 15 is 0 Å². The Morgan fingerprint density at radius 3 is 1.67 bits per heavy atom. The summed E-state index contributed by atoms with van der Waals surface area (Å²) in [5.74, 6) is 0.162. The molecule has 0 heterocycles. The molecule has 0 bridgehead atoms. The van der Waals surface area contributed by atoms with Crippen LogP contribution < -0.4 is 12.4 Å². The van der Waals surface area contributed by atoms with Crippen molar-refractivity contribution >= 4 is 5.91 Å². The number of hydrogen-bond acceptors (Lipinski definition) is 1. The molecule has 0 rings (SSSR count). The Hall–Kier alpha value is -0.240. The van der Waals surface area contributed by atoms with Gasteiger partial charge in [-0.2, -0.15) is 0 Å². The summed E-state index contributed by atoms with van der Waals surface area (Å²) >= 11 is 0. The highest BCUT2D eigenvalue weighted by Gasteiger charge is 1.99. The Labute approximate surface area is 62.6 Å². The van der Waals surface area contributed by atoms with Crippen molar-refractivity contribution in [2.75, 3.05) is 13.1 Å². The largest absolute Gasteiger partial charge is 1.00 e. The van der Waals surface area contributed by atoms with E-state index in [0.717, 1.165) is 13.1 Å². The molecule has 0 N–H and O–H groups in total. The number of nitrogens with zero attached hydrogens (tertiary/aromatic N) is 1. The number of carbonyl (C=O) groups is 1. The van der Waals surface area contributed by atoms with Gasteiger partial charge >= 0.3 is 0 Å². The van der Waals surface area contributed by atoms with Crippen LogP contribution in [0.25, 0.3) is 0 Å². The topological polar surface area (TPSA) is 20.3 Å². The molecule has 0 unspecified atom stereocenters. The molecule has 0 radical (unpaired) electrons. The minimum atomic E-state index is 0. The predicted molar refractivity (Wildman–Crippen MR) is 33.6 cm³/mol. The van der Waals surface area contributed by atoms with Crippen LogP contribution in [0.5, 0.6) is 0 Å². The van der Waals surface area contributed by atoms with Gasteiger partial charge in [0.1, 0.15) is 0 Å². The monoisotopic (exact) mass is 150 g/mol. The Balaban J connectivity index is 0. The standard InChI is InChI=1S/C6H13NO.ClH/c1-4-7(5-2)6(3)8;/h4-5H2,1-3H3;1H/p-1.